The zero-order valence-corrected chi connectivity index (χ0v) is 17.7. The van der Waals surface area contributed by atoms with E-state index in [1.165, 1.54) is 0 Å². The molecule has 2 aromatic carbocycles. The molecule has 27 heavy (non-hydrogen) atoms. The van der Waals surface area contributed by atoms with Crippen molar-refractivity contribution in [1.82, 2.24) is 9.29 Å². The number of thiazole rings is 1. The van der Waals surface area contributed by atoms with Crippen LogP contribution in [0.4, 0.5) is 5.13 Å². The zero-order valence-electron chi connectivity index (χ0n) is 14.5. The van der Waals surface area contributed by atoms with Crippen LogP contribution in [0.5, 0.6) is 0 Å². The molecule has 0 saturated carbocycles. The van der Waals surface area contributed by atoms with Gasteiger partial charge in [0.2, 0.25) is 10.0 Å². The van der Waals surface area contributed by atoms with Gasteiger partial charge in [0.25, 0.3) is 0 Å². The van der Waals surface area contributed by atoms with Gasteiger partial charge in [-0.25, -0.2) is 13.4 Å². The highest BCUT2D eigenvalue weighted by Gasteiger charge is 2.30. The van der Waals surface area contributed by atoms with Crippen molar-refractivity contribution < 1.29 is 8.42 Å². The molecule has 0 amide bonds. The van der Waals surface area contributed by atoms with Crippen molar-refractivity contribution in [3.8, 4) is 11.3 Å². The molecule has 8 heteroatoms. The molecule has 0 atom stereocenters. The van der Waals surface area contributed by atoms with Crippen LogP contribution >= 0.6 is 27.3 Å². The topological polar surface area (TPSA) is 53.5 Å². The maximum absolute atomic E-state index is 12.9. The molecule has 1 fully saturated rings. The first-order chi connectivity index (χ1) is 13.1. The Morgan fingerprint density at radius 2 is 1.59 bits per heavy atom. The van der Waals surface area contributed by atoms with Crippen LogP contribution < -0.4 is 4.90 Å². The number of hydrogen-bond acceptors (Lipinski definition) is 5. The van der Waals surface area contributed by atoms with Crippen LogP contribution in [0.3, 0.4) is 0 Å². The van der Waals surface area contributed by atoms with Crippen molar-refractivity contribution in [2.75, 3.05) is 31.1 Å². The maximum Gasteiger partial charge on any atom is 0.244 e. The number of hydrogen-bond donors (Lipinski definition) is 0. The molecule has 140 valence electrons. The van der Waals surface area contributed by atoms with Gasteiger partial charge in [0, 0.05) is 41.6 Å². The molecule has 5 nitrogen and oxygen atoms in total. The van der Waals surface area contributed by atoms with Crippen LogP contribution in [0.1, 0.15) is 0 Å². The van der Waals surface area contributed by atoms with Gasteiger partial charge < -0.3 is 4.90 Å². The summed E-state index contributed by atoms with van der Waals surface area (Å²) in [7, 11) is -3.49. The minimum absolute atomic E-state index is 0.319. The van der Waals surface area contributed by atoms with Crippen molar-refractivity contribution in [3.63, 3.8) is 0 Å². The lowest BCUT2D eigenvalue weighted by atomic mass is 10.2. The molecule has 0 N–H and O–H groups in total. The predicted octanol–water partition coefficient (Wildman–Crippen LogP) is 4.08. The summed E-state index contributed by atoms with van der Waals surface area (Å²) in [6.07, 6.45) is 0. The summed E-state index contributed by atoms with van der Waals surface area (Å²) in [6, 6.07) is 17.0. The lowest BCUT2D eigenvalue weighted by Crippen LogP contribution is -2.48. The first-order valence-corrected chi connectivity index (χ1v) is 11.7. The van der Waals surface area contributed by atoms with Crippen molar-refractivity contribution in [2.45, 2.75) is 4.90 Å². The van der Waals surface area contributed by atoms with E-state index in [9.17, 15) is 8.42 Å². The van der Waals surface area contributed by atoms with Gasteiger partial charge in [-0.2, -0.15) is 4.31 Å². The van der Waals surface area contributed by atoms with E-state index in [0.717, 1.165) is 16.4 Å². The Hall–Kier alpha value is -1.74. The Balaban J connectivity index is 1.47. The Morgan fingerprint density at radius 3 is 2.30 bits per heavy atom. The van der Waals surface area contributed by atoms with E-state index in [1.54, 1.807) is 33.8 Å². The smallest absolute Gasteiger partial charge is 0.244 e. The molecule has 1 aliphatic heterocycles. The quantitative estimate of drug-likeness (QED) is 0.584. The van der Waals surface area contributed by atoms with Crippen molar-refractivity contribution in [2.24, 2.45) is 0 Å². The molecule has 0 bridgehead atoms. The van der Waals surface area contributed by atoms with Gasteiger partial charge in [-0.3, -0.25) is 0 Å². The number of rotatable bonds is 4. The van der Waals surface area contributed by atoms with Crippen molar-refractivity contribution in [3.05, 3.63) is 64.5 Å². The van der Waals surface area contributed by atoms with E-state index in [0.29, 0.717) is 35.5 Å². The molecular formula is C19H18BrN3O2S2. The van der Waals surface area contributed by atoms with Gasteiger partial charge in [0.15, 0.2) is 5.13 Å². The second kappa shape index (κ2) is 7.71. The molecule has 3 aromatic rings. The summed E-state index contributed by atoms with van der Waals surface area (Å²) in [5.41, 5.74) is 2.05. The number of anilines is 1. The summed E-state index contributed by atoms with van der Waals surface area (Å²) in [5, 5.41) is 2.99. The second-order valence-electron chi connectivity index (χ2n) is 6.20. The van der Waals surface area contributed by atoms with Gasteiger partial charge in [0.05, 0.1) is 10.6 Å². The number of sulfonamides is 1. The Kier molecular flexibility index (Phi) is 5.32. The minimum atomic E-state index is -3.49. The van der Waals surface area contributed by atoms with Crippen LogP contribution in [-0.4, -0.2) is 43.9 Å². The molecular weight excluding hydrogens is 446 g/mol. The van der Waals surface area contributed by atoms with Crippen LogP contribution in [0, 0.1) is 0 Å². The highest BCUT2D eigenvalue weighted by atomic mass is 79.9. The maximum atomic E-state index is 12.9. The van der Waals surface area contributed by atoms with Gasteiger partial charge >= 0.3 is 0 Å². The number of piperazine rings is 1. The van der Waals surface area contributed by atoms with Crippen molar-refractivity contribution >= 4 is 42.4 Å². The van der Waals surface area contributed by atoms with E-state index in [1.807, 2.05) is 36.4 Å². The summed E-state index contributed by atoms with van der Waals surface area (Å²) < 4.78 is 28.0. The van der Waals surface area contributed by atoms with Crippen LogP contribution in [0.25, 0.3) is 11.3 Å². The summed E-state index contributed by atoms with van der Waals surface area (Å²) in [4.78, 5) is 7.21. The monoisotopic (exact) mass is 463 g/mol. The molecule has 2 heterocycles. The average molecular weight is 464 g/mol. The fraction of sp³-hybridized carbons (Fsp3) is 0.211. The summed E-state index contributed by atoms with van der Waals surface area (Å²) in [5.74, 6) is 0. The van der Waals surface area contributed by atoms with E-state index in [-0.39, 0.29) is 0 Å². The standard InChI is InChI=1S/C19H18BrN3O2S2/c20-16-8-4-5-9-18(16)27(24,25)23-12-10-22(11-13-23)19-21-17(14-26-19)15-6-2-1-3-7-15/h1-9,14H,10-13H2. The predicted molar refractivity (Wildman–Crippen MR) is 113 cm³/mol. The van der Waals surface area contributed by atoms with Gasteiger partial charge in [-0.1, -0.05) is 42.5 Å². The molecule has 0 aliphatic carbocycles. The van der Waals surface area contributed by atoms with Gasteiger partial charge in [0.1, 0.15) is 0 Å². The lowest BCUT2D eigenvalue weighted by molar-refractivity contribution is 0.384. The third kappa shape index (κ3) is 3.80. The van der Waals surface area contributed by atoms with Crippen molar-refractivity contribution in [1.29, 1.82) is 0 Å². The summed E-state index contributed by atoms with van der Waals surface area (Å²) >= 11 is 4.95. The van der Waals surface area contributed by atoms with Crippen LogP contribution in [-0.2, 0) is 10.0 Å². The Morgan fingerprint density at radius 1 is 0.926 bits per heavy atom. The Bertz CT molecular complexity index is 1030. The fourth-order valence-corrected chi connectivity index (χ4v) is 6.34. The molecule has 0 unspecified atom stereocenters. The molecule has 4 rings (SSSR count). The lowest BCUT2D eigenvalue weighted by Gasteiger charge is -2.33. The first-order valence-electron chi connectivity index (χ1n) is 8.56. The fourth-order valence-electron chi connectivity index (χ4n) is 3.06. The third-order valence-corrected chi connectivity index (χ3v) is 8.34. The van der Waals surface area contributed by atoms with E-state index in [2.05, 4.69) is 26.2 Å². The number of benzene rings is 2. The molecule has 0 spiro atoms. The largest absolute Gasteiger partial charge is 0.345 e. The Labute approximate surface area is 171 Å². The van der Waals surface area contributed by atoms with E-state index in [4.69, 9.17) is 4.98 Å². The normalized spacial score (nSPS) is 15.8. The highest BCUT2D eigenvalue weighted by molar-refractivity contribution is 9.10. The first kappa shape index (κ1) is 18.6. The second-order valence-corrected chi connectivity index (χ2v) is 9.80. The molecule has 1 aliphatic rings. The molecule has 1 aromatic heterocycles. The minimum Gasteiger partial charge on any atom is -0.345 e. The highest BCUT2D eigenvalue weighted by Crippen LogP contribution is 2.30. The van der Waals surface area contributed by atoms with Crippen LogP contribution in [0.15, 0.2) is 69.3 Å². The molecule has 1 saturated heterocycles. The summed E-state index contributed by atoms with van der Waals surface area (Å²) in [6.45, 7) is 2.16. The average Bonchev–Trinajstić information content (AvgIpc) is 3.19. The third-order valence-electron chi connectivity index (χ3n) is 4.53. The zero-order chi connectivity index (χ0) is 18.9. The van der Waals surface area contributed by atoms with Gasteiger partial charge in [-0.05, 0) is 28.1 Å². The van der Waals surface area contributed by atoms with E-state index >= 15 is 0 Å². The van der Waals surface area contributed by atoms with Crippen LogP contribution in [0.2, 0.25) is 0 Å². The van der Waals surface area contributed by atoms with Gasteiger partial charge in [-0.15, -0.1) is 11.3 Å². The SMILES string of the molecule is O=S(=O)(c1ccccc1Br)N1CCN(c2nc(-c3ccccc3)cs2)CC1. The van der Waals surface area contributed by atoms with E-state index < -0.39 is 10.0 Å². The molecule has 0 radical (unpaired) electrons. The number of aromatic nitrogens is 1. The number of halogens is 1. The number of nitrogens with zero attached hydrogens (tertiary/aromatic N) is 3.